The van der Waals surface area contributed by atoms with Gasteiger partial charge in [0.1, 0.15) is 5.82 Å². The van der Waals surface area contributed by atoms with Gasteiger partial charge in [-0.2, -0.15) is 0 Å². The fourth-order valence-electron chi connectivity index (χ4n) is 2.00. The molecule has 2 heterocycles. The van der Waals surface area contributed by atoms with Crippen LogP contribution in [0.3, 0.4) is 0 Å². The molecule has 3 aromatic rings. The maximum Gasteiger partial charge on any atom is 0.149 e. The van der Waals surface area contributed by atoms with Gasteiger partial charge in [-0.3, -0.25) is 4.98 Å². The normalized spacial score (nSPS) is 12.5. The predicted octanol–water partition coefficient (Wildman–Crippen LogP) is 2.38. The van der Waals surface area contributed by atoms with Crippen molar-refractivity contribution in [2.24, 2.45) is 5.73 Å². The third kappa shape index (κ3) is 2.30. The molecule has 0 saturated heterocycles. The maximum atomic E-state index is 6.21. The Morgan fingerprint density at radius 1 is 1.05 bits per heavy atom. The van der Waals surface area contributed by atoms with Gasteiger partial charge in [0.25, 0.3) is 0 Å². The van der Waals surface area contributed by atoms with Crippen LogP contribution < -0.4 is 5.73 Å². The molecule has 19 heavy (non-hydrogen) atoms. The molecule has 1 aromatic carbocycles. The van der Waals surface area contributed by atoms with Gasteiger partial charge >= 0.3 is 0 Å². The Morgan fingerprint density at radius 3 is 2.63 bits per heavy atom. The summed E-state index contributed by atoms with van der Waals surface area (Å²) in [6.45, 7) is 1.96. The molecule has 0 bridgehead atoms. The van der Waals surface area contributed by atoms with Crippen molar-refractivity contribution in [3.63, 3.8) is 0 Å². The SMILES string of the molecule is Cc1cnc(C(N)c2ccc3ncccc3c2)nc1. The number of benzene rings is 1. The van der Waals surface area contributed by atoms with Crippen LogP contribution in [-0.4, -0.2) is 15.0 Å². The maximum absolute atomic E-state index is 6.21. The Morgan fingerprint density at radius 2 is 1.84 bits per heavy atom. The van der Waals surface area contributed by atoms with Crippen molar-refractivity contribution in [2.75, 3.05) is 0 Å². The summed E-state index contributed by atoms with van der Waals surface area (Å²) in [6, 6.07) is 9.61. The van der Waals surface area contributed by atoms with Gasteiger partial charge < -0.3 is 5.73 Å². The highest BCUT2D eigenvalue weighted by Gasteiger charge is 2.12. The van der Waals surface area contributed by atoms with Crippen LogP contribution in [0.2, 0.25) is 0 Å². The molecule has 0 amide bonds. The summed E-state index contributed by atoms with van der Waals surface area (Å²) in [7, 11) is 0. The number of hydrogen-bond acceptors (Lipinski definition) is 4. The third-order valence-corrected chi connectivity index (χ3v) is 3.07. The number of rotatable bonds is 2. The van der Waals surface area contributed by atoms with Crippen LogP contribution in [0.15, 0.2) is 48.9 Å². The molecule has 3 rings (SSSR count). The van der Waals surface area contributed by atoms with Crippen molar-refractivity contribution in [1.82, 2.24) is 15.0 Å². The highest BCUT2D eigenvalue weighted by Crippen LogP contribution is 2.20. The van der Waals surface area contributed by atoms with Gasteiger partial charge in [0, 0.05) is 24.0 Å². The van der Waals surface area contributed by atoms with Gasteiger partial charge in [0.15, 0.2) is 0 Å². The van der Waals surface area contributed by atoms with E-state index in [1.165, 1.54) is 0 Å². The van der Waals surface area contributed by atoms with Gasteiger partial charge in [0.05, 0.1) is 11.6 Å². The smallest absolute Gasteiger partial charge is 0.149 e. The highest BCUT2D eigenvalue weighted by molar-refractivity contribution is 5.79. The van der Waals surface area contributed by atoms with E-state index >= 15 is 0 Å². The minimum absolute atomic E-state index is 0.315. The van der Waals surface area contributed by atoms with Crippen LogP contribution in [0, 0.1) is 6.92 Å². The number of aryl methyl sites for hydroxylation is 1. The molecule has 1 unspecified atom stereocenters. The van der Waals surface area contributed by atoms with E-state index in [1.54, 1.807) is 18.6 Å². The summed E-state index contributed by atoms with van der Waals surface area (Å²) >= 11 is 0. The highest BCUT2D eigenvalue weighted by atomic mass is 14.9. The molecular formula is C15H14N4. The zero-order chi connectivity index (χ0) is 13.2. The zero-order valence-electron chi connectivity index (χ0n) is 10.6. The van der Waals surface area contributed by atoms with Crippen LogP contribution in [0.4, 0.5) is 0 Å². The molecule has 2 N–H and O–H groups in total. The largest absolute Gasteiger partial charge is 0.318 e. The van der Waals surface area contributed by atoms with Crippen LogP contribution in [0.5, 0.6) is 0 Å². The van der Waals surface area contributed by atoms with Gasteiger partial charge in [-0.1, -0.05) is 12.1 Å². The number of aromatic nitrogens is 3. The lowest BCUT2D eigenvalue weighted by Gasteiger charge is -2.11. The van der Waals surface area contributed by atoms with Gasteiger partial charge in [-0.25, -0.2) is 9.97 Å². The number of hydrogen-bond donors (Lipinski definition) is 1. The van der Waals surface area contributed by atoms with E-state index in [-0.39, 0.29) is 6.04 Å². The van der Waals surface area contributed by atoms with Crippen LogP contribution in [0.25, 0.3) is 10.9 Å². The summed E-state index contributed by atoms with van der Waals surface area (Å²) in [5, 5.41) is 1.07. The molecule has 2 aromatic heterocycles. The lowest BCUT2D eigenvalue weighted by molar-refractivity contribution is 0.778. The Labute approximate surface area is 111 Å². The predicted molar refractivity (Wildman–Crippen MR) is 74.5 cm³/mol. The van der Waals surface area contributed by atoms with E-state index in [0.29, 0.717) is 5.82 Å². The summed E-state index contributed by atoms with van der Waals surface area (Å²) in [5.74, 6) is 0.633. The Balaban J connectivity index is 2.01. The van der Waals surface area contributed by atoms with Gasteiger partial charge in [-0.15, -0.1) is 0 Å². The topological polar surface area (TPSA) is 64.7 Å². The fourth-order valence-corrected chi connectivity index (χ4v) is 2.00. The first-order valence-electron chi connectivity index (χ1n) is 6.13. The van der Waals surface area contributed by atoms with E-state index < -0.39 is 0 Å². The van der Waals surface area contributed by atoms with Gasteiger partial charge in [0.2, 0.25) is 0 Å². The summed E-state index contributed by atoms with van der Waals surface area (Å²) in [5.41, 5.74) is 9.19. The second kappa shape index (κ2) is 4.74. The standard InChI is InChI=1S/C15H14N4/c1-10-8-18-15(19-9-10)14(16)12-4-5-13-11(7-12)3-2-6-17-13/h2-9,14H,16H2,1H3. The van der Waals surface area contributed by atoms with E-state index in [4.69, 9.17) is 5.73 Å². The van der Waals surface area contributed by atoms with Crippen molar-refractivity contribution in [2.45, 2.75) is 13.0 Å². The van der Waals surface area contributed by atoms with E-state index in [1.807, 2.05) is 37.3 Å². The van der Waals surface area contributed by atoms with Crippen LogP contribution in [-0.2, 0) is 0 Å². The second-order valence-corrected chi connectivity index (χ2v) is 4.55. The van der Waals surface area contributed by atoms with Crippen molar-refractivity contribution >= 4 is 10.9 Å². The molecule has 0 fully saturated rings. The first-order chi connectivity index (χ1) is 9.24. The van der Waals surface area contributed by atoms with Crippen molar-refractivity contribution < 1.29 is 0 Å². The Bertz CT molecular complexity index is 707. The first kappa shape index (κ1) is 11.7. The molecule has 0 spiro atoms. The Hall–Kier alpha value is -2.33. The average Bonchev–Trinajstić information content (AvgIpc) is 2.47. The van der Waals surface area contributed by atoms with Crippen molar-refractivity contribution in [3.05, 3.63) is 65.9 Å². The zero-order valence-corrected chi connectivity index (χ0v) is 10.6. The van der Waals surface area contributed by atoms with E-state index in [2.05, 4.69) is 15.0 Å². The molecule has 0 saturated carbocycles. The molecule has 0 aliphatic rings. The van der Waals surface area contributed by atoms with Crippen molar-refractivity contribution in [3.8, 4) is 0 Å². The molecule has 94 valence electrons. The molecule has 4 heteroatoms. The second-order valence-electron chi connectivity index (χ2n) is 4.55. The molecule has 0 aliphatic carbocycles. The minimum atomic E-state index is -0.315. The molecular weight excluding hydrogens is 236 g/mol. The molecule has 0 aliphatic heterocycles. The monoisotopic (exact) mass is 250 g/mol. The summed E-state index contributed by atoms with van der Waals surface area (Å²) in [4.78, 5) is 12.9. The fraction of sp³-hybridized carbons (Fsp3) is 0.133. The van der Waals surface area contributed by atoms with Crippen LogP contribution >= 0.6 is 0 Å². The number of fused-ring (bicyclic) bond motifs is 1. The lowest BCUT2D eigenvalue weighted by Crippen LogP contribution is -2.15. The molecule has 0 radical (unpaired) electrons. The van der Waals surface area contributed by atoms with E-state index in [0.717, 1.165) is 22.0 Å². The molecule has 4 nitrogen and oxygen atoms in total. The summed E-state index contributed by atoms with van der Waals surface area (Å²) < 4.78 is 0. The third-order valence-electron chi connectivity index (χ3n) is 3.07. The summed E-state index contributed by atoms with van der Waals surface area (Å²) in [6.07, 6.45) is 5.35. The quantitative estimate of drug-likeness (QED) is 0.758. The number of nitrogens with zero attached hydrogens (tertiary/aromatic N) is 3. The number of nitrogens with two attached hydrogens (primary N) is 1. The molecule has 1 atom stereocenters. The Kier molecular flexibility index (Phi) is 2.93. The van der Waals surface area contributed by atoms with Gasteiger partial charge in [-0.05, 0) is 36.2 Å². The average molecular weight is 250 g/mol. The van der Waals surface area contributed by atoms with E-state index in [9.17, 15) is 0 Å². The van der Waals surface area contributed by atoms with Crippen LogP contribution in [0.1, 0.15) is 23.0 Å². The number of pyridine rings is 1. The van der Waals surface area contributed by atoms with Crippen molar-refractivity contribution in [1.29, 1.82) is 0 Å². The lowest BCUT2D eigenvalue weighted by atomic mass is 10.0. The first-order valence-corrected chi connectivity index (χ1v) is 6.13. The minimum Gasteiger partial charge on any atom is -0.318 e.